The molecule has 0 bridgehead atoms. The summed E-state index contributed by atoms with van der Waals surface area (Å²) in [7, 11) is 1.44. The third kappa shape index (κ3) is 6.89. The largest absolute Gasteiger partial charge is 0.469 e. The van der Waals surface area contributed by atoms with Gasteiger partial charge in [-0.15, -0.1) is 0 Å². The lowest BCUT2D eigenvalue weighted by atomic mass is 10.2. The van der Waals surface area contributed by atoms with Crippen molar-refractivity contribution in [1.82, 2.24) is 4.90 Å². The topological polar surface area (TPSA) is 29.5 Å². The van der Waals surface area contributed by atoms with E-state index in [4.69, 9.17) is 0 Å². The number of methoxy groups -OCH3 is 1. The van der Waals surface area contributed by atoms with E-state index in [-0.39, 0.29) is 5.97 Å². The van der Waals surface area contributed by atoms with Crippen LogP contribution in [-0.2, 0) is 9.53 Å². The molecule has 0 saturated carbocycles. The number of unbranched alkanes of at least 4 members (excludes halogenated alkanes) is 2. The molecule has 14 heavy (non-hydrogen) atoms. The highest BCUT2D eigenvalue weighted by molar-refractivity contribution is 5.69. The molecule has 0 aliphatic heterocycles. The van der Waals surface area contributed by atoms with E-state index in [1.54, 1.807) is 0 Å². The van der Waals surface area contributed by atoms with Gasteiger partial charge in [0.1, 0.15) is 0 Å². The van der Waals surface area contributed by atoms with Crippen LogP contribution in [0.2, 0.25) is 0 Å². The van der Waals surface area contributed by atoms with E-state index in [9.17, 15) is 4.79 Å². The van der Waals surface area contributed by atoms with Crippen molar-refractivity contribution < 1.29 is 9.53 Å². The Bertz CT molecular complexity index is 148. The van der Waals surface area contributed by atoms with Crippen molar-refractivity contribution in [2.45, 2.75) is 39.5 Å². The van der Waals surface area contributed by atoms with E-state index in [0.29, 0.717) is 6.42 Å². The molecular formula is C11H23NO2. The van der Waals surface area contributed by atoms with Crippen LogP contribution in [0, 0.1) is 0 Å². The zero-order valence-electron chi connectivity index (χ0n) is 9.71. The Hall–Kier alpha value is -0.570. The molecule has 3 nitrogen and oxygen atoms in total. The summed E-state index contributed by atoms with van der Waals surface area (Å²) in [6.45, 7) is 7.27. The highest BCUT2D eigenvalue weighted by Crippen LogP contribution is 1.99. The third-order valence-corrected chi connectivity index (χ3v) is 2.38. The van der Waals surface area contributed by atoms with E-state index in [1.165, 1.54) is 26.4 Å². The number of esters is 1. The first-order chi connectivity index (χ1) is 6.74. The van der Waals surface area contributed by atoms with E-state index in [1.807, 2.05) is 0 Å². The van der Waals surface area contributed by atoms with E-state index in [2.05, 4.69) is 23.5 Å². The number of hydrogen-bond donors (Lipinski definition) is 0. The standard InChI is InChI=1S/C11H23NO2/c1-4-6-7-9-12(5-2)10-8-11(13)14-3/h4-10H2,1-3H3. The molecule has 0 N–H and O–H groups in total. The Kier molecular flexibility index (Phi) is 8.64. The van der Waals surface area contributed by atoms with E-state index >= 15 is 0 Å². The molecule has 84 valence electrons. The normalized spacial score (nSPS) is 10.6. The quantitative estimate of drug-likeness (QED) is 0.445. The van der Waals surface area contributed by atoms with Crippen LogP contribution in [0.4, 0.5) is 0 Å². The number of carbonyl (C=O) groups excluding carboxylic acids is 1. The van der Waals surface area contributed by atoms with Crippen molar-refractivity contribution in [1.29, 1.82) is 0 Å². The molecule has 0 aromatic carbocycles. The minimum Gasteiger partial charge on any atom is -0.469 e. The van der Waals surface area contributed by atoms with E-state index in [0.717, 1.165) is 19.6 Å². The maximum atomic E-state index is 10.9. The number of hydrogen-bond acceptors (Lipinski definition) is 3. The molecule has 0 aromatic rings. The average Bonchev–Trinajstić information content (AvgIpc) is 2.22. The summed E-state index contributed by atoms with van der Waals surface area (Å²) in [4.78, 5) is 13.2. The molecule has 0 saturated heterocycles. The summed E-state index contributed by atoms with van der Waals surface area (Å²) in [5.41, 5.74) is 0. The van der Waals surface area contributed by atoms with Gasteiger partial charge in [0.15, 0.2) is 0 Å². The molecule has 3 heteroatoms. The first kappa shape index (κ1) is 13.4. The fourth-order valence-electron chi connectivity index (χ4n) is 1.36. The molecule has 0 rings (SSSR count). The Labute approximate surface area is 87.4 Å². The minimum absolute atomic E-state index is 0.112. The van der Waals surface area contributed by atoms with Gasteiger partial charge in [-0.1, -0.05) is 26.7 Å². The Balaban J connectivity index is 3.52. The first-order valence-corrected chi connectivity index (χ1v) is 5.53. The summed E-state index contributed by atoms with van der Waals surface area (Å²) in [6, 6.07) is 0. The lowest BCUT2D eigenvalue weighted by Crippen LogP contribution is -2.27. The summed E-state index contributed by atoms with van der Waals surface area (Å²) >= 11 is 0. The number of ether oxygens (including phenoxy) is 1. The maximum absolute atomic E-state index is 10.9. The highest BCUT2D eigenvalue weighted by atomic mass is 16.5. The predicted octanol–water partition coefficient (Wildman–Crippen LogP) is 2.06. The van der Waals surface area contributed by atoms with Gasteiger partial charge in [0.25, 0.3) is 0 Å². The molecular weight excluding hydrogens is 178 g/mol. The first-order valence-electron chi connectivity index (χ1n) is 5.53. The molecule has 0 aliphatic carbocycles. The van der Waals surface area contributed by atoms with Gasteiger partial charge in [0.05, 0.1) is 13.5 Å². The van der Waals surface area contributed by atoms with Gasteiger partial charge in [0, 0.05) is 6.54 Å². The van der Waals surface area contributed by atoms with Crippen LogP contribution < -0.4 is 0 Å². The Morgan fingerprint density at radius 3 is 2.43 bits per heavy atom. The molecule has 0 aromatic heterocycles. The smallest absolute Gasteiger partial charge is 0.306 e. The van der Waals surface area contributed by atoms with Crippen LogP contribution in [0.3, 0.4) is 0 Å². The maximum Gasteiger partial charge on any atom is 0.306 e. The molecule has 0 fully saturated rings. The van der Waals surface area contributed by atoms with Gasteiger partial charge in [-0.2, -0.15) is 0 Å². The van der Waals surface area contributed by atoms with Gasteiger partial charge in [0.2, 0.25) is 0 Å². The van der Waals surface area contributed by atoms with Crippen LogP contribution in [-0.4, -0.2) is 37.6 Å². The van der Waals surface area contributed by atoms with Crippen molar-refractivity contribution >= 4 is 5.97 Å². The Morgan fingerprint density at radius 1 is 1.21 bits per heavy atom. The molecule has 0 spiro atoms. The third-order valence-electron chi connectivity index (χ3n) is 2.38. The summed E-state index contributed by atoms with van der Waals surface area (Å²) in [5, 5.41) is 0. The number of carbonyl (C=O) groups is 1. The summed E-state index contributed by atoms with van der Waals surface area (Å²) < 4.78 is 4.61. The van der Waals surface area contributed by atoms with Crippen LogP contribution in [0.5, 0.6) is 0 Å². The molecule has 0 radical (unpaired) electrons. The second-order valence-electron chi connectivity index (χ2n) is 3.47. The zero-order valence-corrected chi connectivity index (χ0v) is 9.71. The minimum atomic E-state index is -0.112. The molecule has 0 aliphatic rings. The van der Waals surface area contributed by atoms with Gasteiger partial charge in [-0.3, -0.25) is 4.79 Å². The monoisotopic (exact) mass is 201 g/mol. The van der Waals surface area contributed by atoms with Crippen molar-refractivity contribution in [2.75, 3.05) is 26.7 Å². The zero-order chi connectivity index (χ0) is 10.8. The van der Waals surface area contributed by atoms with Crippen LogP contribution in [0.15, 0.2) is 0 Å². The summed E-state index contributed by atoms with van der Waals surface area (Å²) in [5.74, 6) is -0.112. The summed E-state index contributed by atoms with van der Waals surface area (Å²) in [6.07, 6.45) is 4.26. The molecule has 0 amide bonds. The van der Waals surface area contributed by atoms with Gasteiger partial charge in [-0.05, 0) is 19.5 Å². The lowest BCUT2D eigenvalue weighted by Gasteiger charge is -2.19. The fourth-order valence-corrected chi connectivity index (χ4v) is 1.36. The van der Waals surface area contributed by atoms with Gasteiger partial charge >= 0.3 is 5.97 Å². The highest BCUT2D eigenvalue weighted by Gasteiger charge is 2.05. The second kappa shape index (κ2) is 9.00. The van der Waals surface area contributed by atoms with Crippen LogP contribution in [0.1, 0.15) is 39.5 Å². The van der Waals surface area contributed by atoms with E-state index < -0.39 is 0 Å². The molecule has 0 atom stereocenters. The number of rotatable bonds is 8. The SMILES string of the molecule is CCCCCN(CC)CCC(=O)OC. The number of nitrogens with zero attached hydrogens (tertiary/aromatic N) is 1. The Morgan fingerprint density at radius 2 is 1.93 bits per heavy atom. The lowest BCUT2D eigenvalue weighted by molar-refractivity contribution is -0.140. The molecule has 0 unspecified atom stereocenters. The predicted molar refractivity (Wildman–Crippen MR) is 58.3 cm³/mol. The van der Waals surface area contributed by atoms with Gasteiger partial charge in [-0.25, -0.2) is 0 Å². The van der Waals surface area contributed by atoms with Crippen LogP contribution in [0.25, 0.3) is 0 Å². The van der Waals surface area contributed by atoms with Crippen LogP contribution >= 0.6 is 0 Å². The van der Waals surface area contributed by atoms with Crippen molar-refractivity contribution in [3.05, 3.63) is 0 Å². The fraction of sp³-hybridized carbons (Fsp3) is 0.909. The van der Waals surface area contributed by atoms with Crippen molar-refractivity contribution in [3.63, 3.8) is 0 Å². The van der Waals surface area contributed by atoms with Crippen molar-refractivity contribution in [2.24, 2.45) is 0 Å². The second-order valence-corrected chi connectivity index (χ2v) is 3.47. The van der Waals surface area contributed by atoms with Gasteiger partial charge < -0.3 is 9.64 Å². The molecule has 0 heterocycles. The van der Waals surface area contributed by atoms with Crippen molar-refractivity contribution in [3.8, 4) is 0 Å². The average molecular weight is 201 g/mol.